The van der Waals surface area contributed by atoms with E-state index < -0.39 is 0 Å². The summed E-state index contributed by atoms with van der Waals surface area (Å²) in [6, 6.07) is 6.34. The lowest BCUT2D eigenvalue weighted by Crippen LogP contribution is -2.23. The minimum absolute atomic E-state index is 0.823. The van der Waals surface area contributed by atoms with E-state index in [1.807, 2.05) is 24.0 Å². The van der Waals surface area contributed by atoms with E-state index in [2.05, 4.69) is 34.4 Å². The van der Waals surface area contributed by atoms with E-state index >= 15 is 0 Å². The zero-order valence-corrected chi connectivity index (χ0v) is 12.8. The number of hydrogen-bond acceptors (Lipinski definition) is 4. The number of pyridine rings is 1. The van der Waals surface area contributed by atoms with Gasteiger partial charge in [0.15, 0.2) is 0 Å². The van der Waals surface area contributed by atoms with Gasteiger partial charge in [0.25, 0.3) is 0 Å². The van der Waals surface area contributed by atoms with Crippen molar-refractivity contribution < 1.29 is 0 Å². The third-order valence-corrected chi connectivity index (χ3v) is 4.04. The molecule has 0 aliphatic carbocycles. The largest absolute Gasteiger partial charge is 0.356 e. The summed E-state index contributed by atoms with van der Waals surface area (Å²) in [6.07, 6.45) is 4.38. The molecule has 5 heteroatoms. The molecule has 1 saturated heterocycles. The standard InChI is InChI=1S/C16H23N5/c1-13-5-6-14(16(19-13)21-9-3-4-10-21)11-17-12-15-7-8-18-20(15)2/h5-8,17H,3-4,9-12H2,1-2H3. The average Bonchev–Trinajstić information content (AvgIpc) is 3.13. The lowest BCUT2D eigenvalue weighted by molar-refractivity contribution is 0.624. The Hall–Kier alpha value is -1.88. The minimum Gasteiger partial charge on any atom is -0.356 e. The Kier molecular flexibility index (Phi) is 4.20. The molecule has 0 amide bonds. The second-order valence-electron chi connectivity index (χ2n) is 5.68. The molecule has 21 heavy (non-hydrogen) atoms. The summed E-state index contributed by atoms with van der Waals surface area (Å²) in [6.45, 7) is 5.98. The van der Waals surface area contributed by atoms with Crippen LogP contribution in [0.5, 0.6) is 0 Å². The van der Waals surface area contributed by atoms with E-state index in [9.17, 15) is 0 Å². The minimum atomic E-state index is 0.823. The van der Waals surface area contributed by atoms with Gasteiger partial charge in [-0.25, -0.2) is 4.98 Å². The van der Waals surface area contributed by atoms with Gasteiger partial charge in [-0.1, -0.05) is 6.07 Å². The third-order valence-electron chi connectivity index (χ3n) is 4.04. The number of rotatable bonds is 5. The highest BCUT2D eigenvalue weighted by Crippen LogP contribution is 2.22. The highest BCUT2D eigenvalue weighted by atomic mass is 15.3. The maximum Gasteiger partial charge on any atom is 0.133 e. The van der Waals surface area contributed by atoms with Crippen LogP contribution in [0.3, 0.4) is 0 Å². The third kappa shape index (κ3) is 3.24. The van der Waals surface area contributed by atoms with Crippen molar-refractivity contribution in [3.05, 3.63) is 41.3 Å². The first-order valence-corrected chi connectivity index (χ1v) is 7.63. The molecule has 0 aromatic carbocycles. The van der Waals surface area contributed by atoms with E-state index in [-0.39, 0.29) is 0 Å². The van der Waals surface area contributed by atoms with Gasteiger partial charge >= 0.3 is 0 Å². The molecule has 0 atom stereocenters. The first kappa shape index (κ1) is 14.1. The molecule has 0 unspecified atom stereocenters. The van der Waals surface area contributed by atoms with Crippen molar-refractivity contribution in [2.45, 2.75) is 32.9 Å². The van der Waals surface area contributed by atoms with Crippen molar-refractivity contribution in [3.8, 4) is 0 Å². The molecule has 1 aliphatic rings. The average molecular weight is 285 g/mol. The molecule has 1 fully saturated rings. The van der Waals surface area contributed by atoms with E-state index in [0.717, 1.165) is 37.7 Å². The normalized spacial score (nSPS) is 14.9. The van der Waals surface area contributed by atoms with Crippen molar-refractivity contribution in [1.82, 2.24) is 20.1 Å². The molecular formula is C16H23N5. The molecule has 0 radical (unpaired) electrons. The summed E-state index contributed by atoms with van der Waals surface area (Å²) in [5, 5.41) is 7.69. The van der Waals surface area contributed by atoms with Crippen molar-refractivity contribution in [2.75, 3.05) is 18.0 Å². The van der Waals surface area contributed by atoms with E-state index in [4.69, 9.17) is 4.98 Å². The van der Waals surface area contributed by atoms with E-state index in [1.54, 1.807) is 0 Å². The number of anilines is 1. The van der Waals surface area contributed by atoms with Crippen molar-refractivity contribution in [1.29, 1.82) is 0 Å². The fourth-order valence-electron chi connectivity index (χ4n) is 2.81. The summed E-state index contributed by atoms with van der Waals surface area (Å²) in [4.78, 5) is 7.17. The number of aromatic nitrogens is 3. The van der Waals surface area contributed by atoms with Crippen LogP contribution in [0.15, 0.2) is 24.4 Å². The number of hydrogen-bond donors (Lipinski definition) is 1. The summed E-state index contributed by atoms with van der Waals surface area (Å²) in [7, 11) is 1.97. The molecule has 3 heterocycles. The SMILES string of the molecule is Cc1ccc(CNCc2ccnn2C)c(N2CCCC2)n1. The highest BCUT2D eigenvalue weighted by molar-refractivity contribution is 5.48. The fourth-order valence-corrected chi connectivity index (χ4v) is 2.81. The number of aryl methyl sites for hydroxylation is 2. The molecule has 1 N–H and O–H groups in total. The Balaban J connectivity index is 1.68. The smallest absolute Gasteiger partial charge is 0.133 e. The second kappa shape index (κ2) is 6.26. The zero-order valence-electron chi connectivity index (χ0n) is 12.8. The Bertz CT molecular complexity index is 598. The molecule has 3 rings (SSSR count). The molecule has 2 aromatic rings. The maximum atomic E-state index is 4.76. The molecule has 0 saturated carbocycles. The Morgan fingerprint density at radius 2 is 1.95 bits per heavy atom. The van der Waals surface area contributed by atoms with Crippen LogP contribution >= 0.6 is 0 Å². The molecule has 2 aromatic heterocycles. The Morgan fingerprint density at radius 1 is 1.14 bits per heavy atom. The first-order valence-electron chi connectivity index (χ1n) is 7.63. The van der Waals surface area contributed by atoms with Crippen molar-refractivity contribution in [3.63, 3.8) is 0 Å². The van der Waals surface area contributed by atoms with Gasteiger partial charge in [0.2, 0.25) is 0 Å². The predicted molar refractivity (Wildman–Crippen MR) is 84.2 cm³/mol. The van der Waals surface area contributed by atoms with Crippen LogP contribution in [-0.4, -0.2) is 27.9 Å². The van der Waals surface area contributed by atoms with Gasteiger partial charge in [-0.05, 0) is 31.9 Å². The fraction of sp³-hybridized carbons (Fsp3) is 0.500. The van der Waals surface area contributed by atoms with Gasteiger partial charge < -0.3 is 10.2 Å². The number of nitrogens with one attached hydrogen (secondary N) is 1. The first-order chi connectivity index (χ1) is 10.2. The zero-order chi connectivity index (χ0) is 14.7. The van der Waals surface area contributed by atoms with Crippen LogP contribution in [0.2, 0.25) is 0 Å². The van der Waals surface area contributed by atoms with Gasteiger partial charge in [0.1, 0.15) is 5.82 Å². The van der Waals surface area contributed by atoms with E-state index in [0.29, 0.717) is 0 Å². The predicted octanol–water partition coefficient (Wildman–Crippen LogP) is 2.01. The van der Waals surface area contributed by atoms with Crippen LogP contribution in [-0.2, 0) is 20.1 Å². The molecule has 0 bridgehead atoms. The summed E-state index contributed by atoms with van der Waals surface area (Å²) < 4.78 is 1.90. The van der Waals surface area contributed by atoms with Gasteiger partial charge in [-0.2, -0.15) is 5.10 Å². The Morgan fingerprint density at radius 3 is 2.67 bits per heavy atom. The maximum absolute atomic E-state index is 4.76. The van der Waals surface area contributed by atoms with Gasteiger partial charge in [0.05, 0.1) is 5.69 Å². The molecule has 0 spiro atoms. The van der Waals surface area contributed by atoms with Crippen molar-refractivity contribution in [2.24, 2.45) is 7.05 Å². The summed E-state index contributed by atoms with van der Waals surface area (Å²) in [5.74, 6) is 1.16. The topological polar surface area (TPSA) is 46.0 Å². The van der Waals surface area contributed by atoms with E-state index in [1.165, 1.54) is 24.1 Å². The lowest BCUT2D eigenvalue weighted by atomic mass is 10.2. The van der Waals surface area contributed by atoms with Crippen LogP contribution < -0.4 is 10.2 Å². The molecule has 112 valence electrons. The molecule has 5 nitrogen and oxygen atoms in total. The summed E-state index contributed by atoms with van der Waals surface area (Å²) in [5.41, 5.74) is 3.56. The van der Waals surface area contributed by atoms with Crippen LogP contribution in [0.1, 0.15) is 29.8 Å². The van der Waals surface area contributed by atoms with Gasteiger partial charge in [-0.3, -0.25) is 4.68 Å². The summed E-state index contributed by atoms with van der Waals surface area (Å²) >= 11 is 0. The van der Waals surface area contributed by atoms with Crippen molar-refractivity contribution >= 4 is 5.82 Å². The second-order valence-corrected chi connectivity index (χ2v) is 5.68. The van der Waals surface area contributed by atoms with Crippen LogP contribution in [0.4, 0.5) is 5.82 Å². The highest BCUT2D eigenvalue weighted by Gasteiger charge is 2.17. The molecular weight excluding hydrogens is 262 g/mol. The van der Waals surface area contributed by atoms with Gasteiger partial charge in [0, 0.05) is 50.7 Å². The monoisotopic (exact) mass is 285 g/mol. The van der Waals surface area contributed by atoms with Gasteiger partial charge in [-0.15, -0.1) is 0 Å². The quantitative estimate of drug-likeness (QED) is 0.913. The van der Waals surface area contributed by atoms with Crippen LogP contribution in [0, 0.1) is 6.92 Å². The Labute approximate surface area is 126 Å². The molecule has 1 aliphatic heterocycles. The van der Waals surface area contributed by atoms with Crippen LogP contribution in [0.25, 0.3) is 0 Å². The number of nitrogens with zero attached hydrogens (tertiary/aromatic N) is 4. The lowest BCUT2D eigenvalue weighted by Gasteiger charge is -2.20.